The number of fused-ring (bicyclic) bond motifs is 1. The van der Waals surface area contributed by atoms with E-state index in [1.807, 2.05) is 30.3 Å². The van der Waals surface area contributed by atoms with Crippen molar-refractivity contribution in [2.24, 2.45) is 10.7 Å². The molecule has 0 bridgehead atoms. The Kier molecular flexibility index (Phi) is 3.19. The Bertz CT molecular complexity index is 590. The summed E-state index contributed by atoms with van der Waals surface area (Å²) in [6.45, 7) is 0.753. The third-order valence-electron chi connectivity index (χ3n) is 3.49. The second-order valence-electron chi connectivity index (χ2n) is 4.82. The van der Waals surface area contributed by atoms with Crippen molar-refractivity contribution < 1.29 is 0 Å². The van der Waals surface area contributed by atoms with Gasteiger partial charge in [-0.3, -0.25) is 4.99 Å². The van der Waals surface area contributed by atoms with E-state index in [4.69, 9.17) is 5.73 Å². The summed E-state index contributed by atoms with van der Waals surface area (Å²) in [5, 5.41) is 3.10. The zero-order chi connectivity index (χ0) is 13.1. The van der Waals surface area contributed by atoms with Crippen LogP contribution in [0.2, 0.25) is 0 Å². The highest BCUT2D eigenvalue weighted by Crippen LogP contribution is 2.34. The largest absolute Gasteiger partial charge is 0.370 e. The third kappa shape index (κ3) is 2.60. The highest BCUT2D eigenvalue weighted by molar-refractivity contribution is 5.92. The van der Waals surface area contributed by atoms with Gasteiger partial charge in [-0.05, 0) is 29.7 Å². The number of nitrogens with zero attached hydrogens (tertiary/aromatic N) is 1. The summed E-state index contributed by atoms with van der Waals surface area (Å²) in [4.78, 5) is 4.42. The second-order valence-corrected chi connectivity index (χ2v) is 4.82. The molecule has 3 N–H and O–H groups in total. The molecular weight excluding hydrogens is 234 g/mol. The monoisotopic (exact) mass is 251 g/mol. The van der Waals surface area contributed by atoms with Crippen molar-refractivity contribution >= 4 is 11.6 Å². The summed E-state index contributed by atoms with van der Waals surface area (Å²) >= 11 is 0. The molecule has 0 radical (unpaired) electrons. The molecule has 1 aliphatic carbocycles. The van der Waals surface area contributed by atoms with E-state index in [2.05, 4.69) is 34.6 Å². The van der Waals surface area contributed by atoms with Crippen LogP contribution in [-0.4, -0.2) is 12.5 Å². The number of benzene rings is 2. The fraction of sp³-hybridized carbons (Fsp3) is 0.188. The summed E-state index contributed by atoms with van der Waals surface area (Å²) < 4.78 is 0. The van der Waals surface area contributed by atoms with Crippen LogP contribution in [0.1, 0.15) is 17.0 Å². The second kappa shape index (κ2) is 5.14. The normalized spacial score (nSPS) is 17.5. The summed E-state index contributed by atoms with van der Waals surface area (Å²) in [6, 6.07) is 18.4. The van der Waals surface area contributed by atoms with Gasteiger partial charge in [0.15, 0.2) is 5.96 Å². The molecule has 1 aliphatic rings. The Morgan fingerprint density at radius 3 is 2.63 bits per heavy atom. The van der Waals surface area contributed by atoms with Crippen LogP contribution >= 0.6 is 0 Å². The summed E-state index contributed by atoms with van der Waals surface area (Å²) in [6.07, 6.45) is 1.11. The first kappa shape index (κ1) is 11.8. The number of hydrogen-bond acceptors (Lipinski definition) is 1. The smallest absolute Gasteiger partial charge is 0.193 e. The van der Waals surface area contributed by atoms with E-state index >= 15 is 0 Å². The first-order valence-corrected chi connectivity index (χ1v) is 6.53. The van der Waals surface area contributed by atoms with E-state index < -0.39 is 0 Å². The van der Waals surface area contributed by atoms with Gasteiger partial charge >= 0.3 is 0 Å². The van der Waals surface area contributed by atoms with Crippen molar-refractivity contribution in [1.82, 2.24) is 0 Å². The maximum atomic E-state index is 5.89. The number of guanidine groups is 1. The summed E-state index contributed by atoms with van der Waals surface area (Å²) in [7, 11) is 0. The van der Waals surface area contributed by atoms with Crippen LogP contribution in [0.25, 0.3) is 0 Å². The average molecular weight is 251 g/mol. The van der Waals surface area contributed by atoms with Crippen LogP contribution in [0.3, 0.4) is 0 Å². The van der Waals surface area contributed by atoms with Gasteiger partial charge in [0.05, 0.1) is 0 Å². The predicted octanol–water partition coefficient (Wildman–Crippen LogP) is 2.75. The van der Waals surface area contributed by atoms with Crippen LogP contribution < -0.4 is 11.1 Å². The molecule has 0 fully saturated rings. The zero-order valence-electron chi connectivity index (χ0n) is 10.7. The molecule has 3 nitrogen and oxygen atoms in total. The van der Waals surface area contributed by atoms with Gasteiger partial charge in [-0.15, -0.1) is 0 Å². The lowest BCUT2D eigenvalue weighted by Crippen LogP contribution is -2.26. The minimum Gasteiger partial charge on any atom is -0.370 e. The third-order valence-corrected chi connectivity index (χ3v) is 3.49. The van der Waals surface area contributed by atoms with Crippen LogP contribution in [0, 0.1) is 0 Å². The molecule has 0 saturated heterocycles. The zero-order valence-corrected chi connectivity index (χ0v) is 10.7. The first-order valence-electron chi connectivity index (χ1n) is 6.53. The van der Waals surface area contributed by atoms with Gasteiger partial charge < -0.3 is 11.1 Å². The SMILES string of the molecule is NC(=NCC1Cc2ccccc21)Nc1ccccc1. The van der Waals surface area contributed by atoms with Crippen LogP contribution in [0.4, 0.5) is 5.69 Å². The van der Waals surface area contributed by atoms with E-state index in [1.165, 1.54) is 11.1 Å². The Morgan fingerprint density at radius 1 is 1.11 bits per heavy atom. The Balaban J connectivity index is 1.59. The Morgan fingerprint density at radius 2 is 1.84 bits per heavy atom. The minimum absolute atomic E-state index is 0.482. The molecule has 3 rings (SSSR count). The molecule has 96 valence electrons. The van der Waals surface area contributed by atoms with Gasteiger partial charge in [-0.2, -0.15) is 0 Å². The number of aliphatic imine (C=N–C) groups is 1. The van der Waals surface area contributed by atoms with Crippen molar-refractivity contribution in [2.75, 3.05) is 11.9 Å². The molecule has 0 spiro atoms. The lowest BCUT2D eigenvalue weighted by Gasteiger charge is -2.28. The molecule has 2 aromatic carbocycles. The molecular formula is C16H17N3. The first-order chi connectivity index (χ1) is 9.33. The van der Waals surface area contributed by atoms with Crippen molar-refractivity contribution in [2.45, 2.75) is 12.3 Å². The van der Waals surface area contributed by atoms with Crippen LogP contribution in [0.15, 0.2) is 59.6 Å². The standard InChI is InChI=1S/C16H17N3/c17-16(19-14-7-2-1-3-8-14)18-11-13-10-12-6-4-5-9-15(12)13/h1-9,13H,10-11H2,(H3,17,18,19). The van der Waals surface area contributed by atoms with Gasteiger partial charge in [0.2, 0.25) is 0 Å². The fourth-order valence-corrected chi connectivity index (χ4v) is 2.44. The summed E-state index contributed by atoms with van der Waals surface area (Å²) in [5.41, 5.74) is 9.72. The Labute approximate surface area is 113 Å². The number of rotatable bonds is 3. The van der Waals surface area contributed by atoms with Crippen LogP contribution in [0.5, 0.6) is 0 Å². The highest BCUT2D eigenvalue weighted by atomic mass is 15.1. The van der Waals surface area contributed by atoms with Gasteiger partial charge in [0.1, 0.15) is 0 Å². The van der Waals surface area contributed by atoms with Gasteiger partial charge in [-0.25, -0.2) is 0 Å². The van der Waals surface area contributed by atoms with Gasteiger partial charge in [0, 0.05) is 18.2 Å². The molecule has 3 heteroatoms. The molecule has 19 heavy (non-hydrogen) atoms. The van der Waals surface area contributed by atoms with Crippen molar-refractivity contribution in [3.05, 3.63) is 65.7 Å². The molecule has 1 unspecified atom stereocenters. The number of para-hydroxylation sites is 1. The topological polar surface area (TPSA) is 50.4 Å². The number of hydrogen-bond donors (Lipinski definition) is 2. The van der Waals surface area contributed by atoms with Gasteiger partial charge in [0.25, 0.3) is 0 Å². The van der Waals surface area contributed by atoms with E-state index in [9.17, 15) is 0 Å². The van der Waals surface area contributed by atoms with Crippen molar-refractivity contribution in [3.8, 4) is 0 Å². The highest BCUT2D eigenvalue weighted by Gasteiger charge is 2.24. The van der Waals surface area contributed by atoms with E-state index in [0.717, 1.165) is 18.7 Å². The molecule has 2 aromatic rings. The minimum atomic E-state index is 0.482. The molecule has 0 aromatic heterocycles. The van der Waals surface area contributed by atoms with Crippen molar-refractivity contribution in [3.63, 3.8) is 0 Å². The number of anilines is 1. The summed E-state index contributed by atoms with van der Waals surface area (Å²) in [5.74, 6) is 1.00. The fourth-order valence-electron chi connectivity index (χ4n) is 2.44. The molecule has 0 aliphatic heterocycles. The lowest BCUT2D eigenvalue weighted by molar-refractivity contribution is 0.619. The lowest BCUT2D eigenvalue weighted by atomic mass is 9.78. The maximum Gasteiger partial charge on any atom is 0.193 e. The van der Waals surface area contributed by atoms with E-state index in [1.54, 1.807) is 0 Å². The Hall–Kier alpha value is -2.29. The van der Waals surface area contributed by atoms with E-state index in [-0.39, 0.29) is 0 Å². The quantitative estimate of drug-likeness (QED) is 0.651. The van der Waals surface area contributed by atoms with E-state index in [0.29, 0.717) is 11.9 Å². The molecule has 0 saturated carbocycles. The number of nitrogens with two attached hydrogens (primary N) is 1. The molecule has 1 atom stereocenters. The predicted molar refractivity (Wildman–Crippen MR) is 79.4 cm³/mol. The average Bonchev–Trinajstić information content (AvgIpc) is 2.41. The maximum absolute atomic E-state index is 5.89. The number of nitrogens with one attached hydrogen (secondary N) is 1. The molecule has 0 heterocycles. The van der Waals surface area contributed by atoms with Gasteiger partial charge in [-0.1, -0.05) is 42.5 Å². The molecule has 0 amide bonds. The van der Waals surface area contributed by atoms with Crippen LogP contribution in [-0.2, 0) is 6.42 Å². The van der Waals surface area contributed by atoms with Crippen molar-refractivity contribution in [1.29, 1.82) is 0 Å².